The van der Waals surface area contributed by atoms with Crippen LogP contribution in [0.5, 0.6) is 0 Å². The average molecular weight is 226 g/mol. The van der Waals surface area contributed by atoms with Crippen molar-refractivity contribution in [2.45, 2.75) is 25.9 Å². The maximum atomic E-state index is 11.3. The Kier molecular flexibility index (Phi) is 4.38. The van der Waals surface area contributed by atoms with E-state index in [0.29, 0.717) is 12.2 Å². The van der Waals surface area contributed by atoms with Gasteiger partial charge in [-0.1, -0.05) is 6.92 Å². The fourth-order valence-electron chi connectivity index (χ4n) is 1.13. The molecule has 1 rings (SSSR count). The lowest BCUT2D eigenvalue weighted by molar-refractivity contribution is -0.139. The van der Waals surface area contributed by atoms with Crippen LogP contribution in [0.1, 0.15) is 19.1 Å². The summed E-state index contributed by atoms with van der Waals surface area (Å²) in [6.07, 6.45) is 1.84. The summed E-state index contributed by atoms with van der Waals surface area (Å²) < 4.78 is 5.00. The van der Waals surface area contributed by atoms with Crippen LogP contribution in [0.25, 0.3) is 0 Å². The van der Waals surface area contributed by atoms with E-state index < -0.39 is 18.0 Å². The van der Waals surface area contributed by atoms with Crippen molar-refractivity contribution in [3.63, 3.8) is 0 Å². The highest BCUT2D eigenvalue weighted by Gasteiger charge is 2.17. The van der Waals surface area contributed by atoms with Crippen LogP contribution in [0.2, 0.25) is 0 Å². The second kappa shape index (κ2) is 5.79. The van der Waals surface area contributed by atoms with Crippen LogP contribution in [0.4, 0.5) is 4.79 Å². The third-order valence-corrected chi connectivity index (χ3v) is 2.01. The van der Waals surface area contributed by atoms with Crippen LogP contribution in [-0.4, -0.2) is 23.1 Å². The fourth-order valence-corrected chi connectivity index (χ4v) is 1.13. The largest absolute Gasteiger partial charge is 0.480 e. The van der Waals surface area contributed by atoms with E-state index in [1.54, 1.807) is 19.1 Å². The molecule has 3 N–H and O–H groups in total. The van der Waals surface area contributed by atoms with Crippen LogP contribution < -0.4 is 10.6 Å². The Morgan fingerprint density at radius 2 is 2.31 bits per heavy atom. The molecule has 0 aromatic carbocycles. The molecule has 1 heterocycles. The Bertz CT molecular complexity index is 348. The highest BCUT2D eigenvalue weighted by Crippen LogP contribution is 1.98. The summed E-state index contributed by atoms with van der Waals surface area (Å²) in [6, 6.07) is 2.04. The first-order valence-corrected chi connectivity index (χ1v) is 4.93. The van der Waals surface area contributed by atoms with Crippen molar-refractivity contribution in [1.29, 1.82) is 0 Å². The van der Waals surface area contributed by atoms with Gasteiger partial charge in [0.25, 0.3) is 0 Å². The number of hydrogen-bond acceptors (Lipinski definition) is 3. The van der Waals surface area contributed by atoms with Crippen molar-refractivity contribution in [3.05, 3.63) is 24.2 Å². The number of rotatable bonds is 5. The Morgan fingerprint density at radius 1 is 1.56 bits per heavy atom. The third-order valence-electron chi connectivity index (χ3n) is 2.01. The Balaban J connectivity index is 2.33. The molecule has 0 unspecified atom stereocenters. The molecule has 0 aliphatic rings. The quantitative estimate of drug-likeness (QED) is 0.696. The molecule has 16 heavy (non-hydrogen) atoms. The van der Waals surface area contributed by atoms with E-state index in [2.05, 4.69) is 10.6 Å². The van der Waals surface area contributed by atoms with E-state index >= 15 is 0 Å². The number of amides is 2. The van der Waals surface area contributed by atoms with Crippen LogP contribution in [0, 0.1) is 0 Å². The van der Waals surface area contributed by atoms with Gasteiger partial charge in [0.1, 0.15) is 11.8 Å². The second-order valence-electron chi connectivity index (χ2n) is 3.21. The van der Waals surface area contributed by atoms with Crippen molar-refractivity contribution in [2.24, 2.45) is 0 Å². The van der Waals surface area contributed by atoms with Crippen molar-refractivity contribution < 1.29 is 19.1 Å². The minimum absolute atomic E-state index is 0.231. The molecule has 88 valence electrons. The molecule has 0 aliphatic carbocycles. The fraction of sp³-hybridized carbons (Fsp3) is 0.400. The number of furan rings is 1. The highest BCUT2D eigenvalue weighted by atomic mass is 16.4. The molecule has 0 spiro atoms. The van der Waals surface area contributed by atoms with Gasteiger partial charge in [-0.05, 0) is 18.6 Å². The number of carbonyl (C=O) groups excluding carboxylic acids is 1. The zero-order valence-electron chi connectivity index (χ0n) is 8.90. The number of carboxylic acid groups (broad SMARTS) is 1. The molecule has 1 aromatic rings. The summed E-state index contributed by atoms with van der Waals surface area (Å²) in [7, 11) is 0. The van der Waals surface area contributed by atoms with Gasteiger partial charge < -0.3 is 20.2 Å². The van der Waals surface area contributed by atoms with Crippen molar-refractivity contribution >= 4 is 12.0 Å². The summed E-state index contributed by atoms with van der Waals surface area (Å²) in [5.41, 5.74) is 0. The minimum atomic E-state index is -1.05. The summed E-state index contributed by atoms with van der Waals surface area (Å²) in [5, 5.41) is 13.5. The summed E-state index contributed by atoms with van der Waals surface area (Å²) in [6.45, 7) is 1.92. The monoisotopic (exact) mass is 226 g/mol. The first-order chi connectivity index (χ1) is 7.63. The number of aliphatic carboxylic acids is 1. The summed E-state index contributed by atoms with van der Waals surface area (Å²) in [4.78, 5) is 21.9. The lowest BCUT2D eigenvalue weighted by Crippen LogP contribution is -2.45. The van der Waals surface area contributed by atoms with E-state index in [9.17, 15) is 9.59 Å². The minimum Gasteiger partial charge on any atom is -0.480 e. The van der Waals surface area contributed by atoms with Gasteiger partial charge in [-0.2, -0.15) is 0 Å². The maximum Gasteiger partial charge on any atom is 0.326 e. The molecule has 0 bridgehead atoms. The Hall–Kier alpha value is -1.98. The number of urea groups is 1. The van der Waals surface area contributed by atoms with Crippen molar-refractivity contribution in [1.82, 2.24) is 10.6 Å². The number of carboxylic acids is 1. The zero-order valence-corrected chi connectivity index (χ0v) is 8.90. The smallest absolute Gasteiger partial charge is 0.326 e. The number of nitrogens with one attached hydrogen (secondary N) is 2. The second-order valence-corrected chi connectivity index (χ2v) is 3.21. The van der Waals surface area contributed by atoms with Gasteiger partial charge in [0.05, 0.1) is 12.8 Å². The van der Waals surface area contributed by atoms with E-state index in [1.165, 1.54) is 6.26 Å². The lowest BCUT2D eigenvalue weighted by atomic mass is 10.2. The number of hydrogen-bond donors (Lipinski definition) is 3. The molecular formula is C10H14N2O4. The van der Waals surface area contributed by atoms with Crippen LogP contribution in [-0.2, 0) is 11.3 Å². The molecule has 0 radical (unpaired) electrons. The number of carbonyl (C=O) groups is 2. The average Bonchev–Trinajstić information content (AvgIpc) is 2.75. The lowest BCUT2D eigenvalue weighted by Gasteiger charge is -2.12. The topological polar surface area (TPSA) is 91.6 Å². The zero-order chi connectivity index (χ0) is 12.0. The van der Waals surface area contributed by atoms with Crippen molar-refractivity contribution in [2.75, 3.05) is 0 Å². The van der Waals surface area contributed by atoms with Gasteiger partial charge >= 0.3 is 12.0 Å². The van der Waals surface area contributed by atoms with Gasteiger partial charge in [-0.3, -0.25) is 0 Å². The molecule has 6 heteroatoms. The van der Waals surface area contributed by atoms with Crippen molar-refractivity contribution in [3.8, 4) is 0 Å². The first kappa shape index (κ1) is 12.1. The molecule has 0 fully saturated rings. The van der Waals surface area contributed by atoms with Gasteiger partial charge in [0.15, 0.2) is 0 Å². The molecule has 2 amide bonds. The molecule has 1 atom stereocenters. The maximum absolute atomic E-state index is 11.3. The van der Waals surface area contributed by atoms with E-state index in [4.69, 9.17) is 9.52 Å². The molecule has 0 saturated heterocycles. The predicted molar refractivity (Wildman–Crippen MR) is 55.8 cm³/mol. The normalized spacial score (nSPS) is 11.8. The first-order valence-electron chi connectivity index (χ1n) is 4.93. The van der Waals surface area contributed by atoms with Crippen LogP contribution in [0.15, 0.2) is 22.8 Å². The Labute approximate surface area is 92.6 Å². The summed E-state index contributed by atoms with van der Waals surface area (Å²) in [5.74, 6) is -0.436. The van der Waals surface area contributed by atoms with Gasteiger partial charge in [-0.25, -0.2) is 9.59 Å². The molecule has 1 aromatic heterocycles. The summed E-state index contributed by atoms with van der Waals surface area (Å²) >= 11 is 0. The van der Waals surface area contributed by atoms with E-state index in [0.717, 1.165) is 0 Å². The molecular weight excluding hydrogens is 212 g/mol. The Morgan fingerprint density at radius 3 is 2.81 bits per heavy atom. The van der Waals surface area contributed by atoms with Gasteiger partial charge in [-0.15, -0.1) is 0 Å². The van der Waals surface area contributed by atoms with E-state index in [-0.39, 0.29) is 6.54 Å². The SMILES string of the molecule is CC[C@H](NC(=O)NCc1ccco1)C(=O)O. The molecule has 0 aliphatic heterocycles. The van der Waals surface area contributed by atoms with E-state index in [1.807, 2.05) is 0 Å². The van der Waals surface area contributed by atoms with Gasteiger partial charge in [0, 0.05) is 0 Å². The molecule has 0 saturated carbocycles. The van der Waals surface area contributed by atoms with Gasteiger partial charge in [0.2, 0.25) is 0 Å². The molecule has 6 nitrogen and oxygen atoms in total. The predicted octanol–water partition coefficient (Wildman–Crippen LogP) is 0.942. The van der Waals surface area contributed by atoms with Crippen LogP contribution >= 0.6 is 0 Å². The third kappa shape index (κ3) is 3.64. The standard InChI is InChI=1S/C10H14N2O4/c1-2-8(9(13)14)12-10(15)11-6-7-4-3-5-16-7/h3-5,8H,2,6H2,1H3,(H,13,14)(H2,11,12,15)/t8-/m0/s1. The highest BCUT2D eigenvalue weighted by molar-refractivity contribution is 5.82. The van der Waals surface area contributed by atoms with Crippen LogP contribution in [0.3, 0.4) is 0 Å².